The van der Waals surface area contributed by atoms with Gasteiger partial charge in [-0.15, -0.1) is 0 Å². The summed E-state index contributed by atoms with van der Waals surface area (Å²) in [7, 11) is 0. The Morgan fingerprint density at radius 2 is 2.09 bits per heavy atom. The Kier molecular flexibility index (Phi) is 6.95. The minimum Gasteiger partial charge on any atom is -0.383 e. The van der Waals surface area contributed by atoms with Crippen molar-refractivity contribution < 1.29 is 14.0 Å². The van der Waals surface area contributed by atoms with Crippen molar-refractivity contribution in [3.63, 3.8) is 0 Å². The summed E-state index contributed by atoms with van der Waals surface area (Å²) < 4.78 is 15.1. The van der Waals surface area contributed by atoms with Crippen LogP contribution in [-0.4, -0.2) is 56.5 Å². The molecule has 1 fully saturated rings. The van der Waals surface area contributed by atoms with Crippen molar-refractivity contribution in [2.75, 3.05) is 22.9 Å². The summed E-state index contributed by atoms with van der Waals surface area (Å²) in [6.07, 6.45) is 5.21. The van der Waals surface area contributed by atoms with E-state index >= 15 is 4.39 Å². The highest BCUT2D eigenvalue weighted by atomic mass is 19.1. The van der Waals surface area contributed by atoms with E-state index in [1.54, 1.807) is 23.1 Å². The average molecular weight is 477 g/mol. The molecule has 1 aromatic carbocycles. The summed E-state index contributed by atoms with van der Waals surface area (Å²) in [4.78, 5) is 37.8. The summed E-state index contributed by atoms with van der Waals surface area (Å²) >= 11 is 0. The molecule has 11 heteroatoms. The van der Waals surface area contributed by atoms with Crippen LogP contribution in [0.25, 0.3) is 0 Å². The highest BCUT2D eigenvalue weighted by molar-refractivity contribution is 6.16. The van der Waals surface area contributed by atoms with Crippen LogP contribution in [0.2, 0.25) is 0 Å². The molecule has 0 unspecified atom stereocenters. The smallest absolute Gasteiger partial charge is 0.256 e. The third-order valence-electron chi connectivity index (χ3n) is 6.03. The van der Waals surface area contributed by atoms with Gasteiger partial charge in [-0.3, -0.25) is 15.0 Å². The van der Waals surface area contributed by atoms with E-state index < -0.39 is 11.7 Å². The number of likely N-dealkylation sites (tertiary alicyclic amines) is 1. The van der Waals surface area contributed by atoms with Gasteiger partial charge < -0.3 is 21.3 Å². The van der Waals surface area contributed by atoms with Gasteiger partial charge >= 0.3 is 0 Å². The van der Waals surface area contributed by atoms with Crippen LogP contribution in [0.15, 0.2) is 48.9 Å². The molecule has 0 bridgehead atoms. The Morgan fingerprint density at radius 3 is 2.80 bits per heavy atom. The van der Waals surface area contributed by atoms with Crippen molar-refractivity contribution >= 4 is 35.5 Å². The van der Waals surface area contributed by atoms with Gasteiger partial charge in [-0.05, 0) is 50.1 Å². The fraction of sp³-hybridized carbons (Fsp3) is 0.250. The molecule has 2 aromatic heterocycles. The monoisotopic (exact) mass is 476 g/mol. The number of piperidine rings is 1. The molecule has 0 aliphatic carbocycles. The number of amides is 2. The molecule has 0 spiro atoms. The van der Waals surface area contributed by atoms with Gasteiger partial charge in [0.05, 0.1) is 11.3 Å². The summed E-state index contributed by atoms with van der Waals surface area (Å²) in [5, 5.41) is 14.5. The van der Waals surface area contributed by atoms with E-state index in [4.69, 9.17) is 11.1 Å². The van der Waals surface area contributed by atoms with Crippen LogP contribution >= 0.6 is 0 Å². The van der Waals surface area contributed by atoms with E-state index in [0.29, 0.717) is 12.4 Å². The SMILES string of the molecule is C[C@@H]1[C@H](Nc2ncnc(N)c2C(=N)c2ccc(C(=O)Nc3ccccn3)cc2F)CCCN1C=O. The first-order valence-electron chi connectivity index (χ1n) is 11.1. The largest absolute Gasteiger partial charge is 0.383 e. The number of nitrogens with two attached hydrogens (primary N) is 1. The van der Waals surface area contributed by atoms with E-state index in [1.807, 2.05) is 6.92 Å². The van der Waals surface area contributed by atoms with E-state index in [0.717, 1.165) is 25.3 Å². The number of rotatable bonds is 7. The third kappa shape index (κ3) is 5.08. The van der Waals surface area contributed by atoms with Crippen LogP contribution < -0.4 is 16.4 Å². The maximum atomic E-state index is 15.1. The zero-order valence-electron chi connectivity index (χ0n) is 19.0. The number of hydrogen-bond donors (Lipinski definition) is 4. The van der Waals surface area contributed by atoms with Gasteiger partial charge in [0.2, 0.25) is 6.41 Å². The number of nitrogens with one attached hydrogen (secondary N) is 3. The number of aromatic nitrogens is 3. The zero-order chi connectivity index (χ0) is 24.9. The van der Waals surface area contributed by atoms with Crippen LogP contribution in [0.1, 0.15) is 41.3 Å². The first kappa shape index (κ1) is 23.7. The topological polar surface area (TPSA) is 150 Å². The van der Waals surface area contributed by atoms with Crippen LogP contribution in [0.3, 0.4) is 0 Å². The molecule has 180 valence electrons. The molecule has 2 amide bonds. The Labute approximate surface area is 201 Å². The fourth-order valence-electron chi connectivity index (χ4n) is 4.06. The Bertz CT molecular complexity index is 1250. The molecule has 0 saturated carbocycles. The van der Waals surface area contributed by atoms with Crippen molar-refractivity contribution in [1.29, 1.82) is 5.41 Å². The van der Waals surface area contributed by atoms with Crippen LogP contribution in [-0.2, 0) is 4.79 Å². The number of hydrogen-bond acceptors (Lipinski definition) is 8. The number of halogens is 1. The second-order valence-corrected chi connectivity index (χ2v) is 8.20. The molecule has 1 aliphatic heterocycles. The van der Waals surface area contributed by atoms with Crippen molar-refractivity contribution in [3.05, 3.63) is 71.4 Å². The minimum absolute atomic E-state index is 0.0135. The van der Waals surface area contributed by atoms with Gasteiger partial charge in [-0.1, -0.05) is 6.07 Å². The molecular formula is C24H25FN8O2. The van der Waals surface area contributed by atoms with Crippen LogP contribution in [0.5, 0.6) is 0 Å². The van der Waals surface area contributed by atoms with Gasteiger partial charge in [0.25, 0.3) is 5.91 Å². The normalized spacial score (nSPS) is 17.5. The van der Waals surface area contributed by atoms with E-state index in [1.165, 1.54) is 24.7 Å². The maximum absolute atomic E-state index is 15.1. The van der Waals surface area contributed by atoms with Gasteiger partial charge in [0.1, 0.15) is 29.6 Å². The average Bonchev–Trinajstić information content (AvgIpc) is 2.85. The van der Waals surface area contributed by atoms with Crippen molar-refractivity contribution in [2.24, 2.45) is 0 Å². The number of pyridine rings is 1. The molecule has 4 rings (SSSR count). The fourth-order valence-corrected chi connectivity index (χ4v) is 4.06. The first-order valence-corrected chi connectivity index (χ1v) is 11.1. The van der Waals surface area contributed by atoms with Crippen LogP contribution in [0.4, 0.5) is 21.8 Å². The molecule has 0 radical (unpaired) electrons. The number of nitrogen functional groups attached to an aromatic ring is 1. The highest BCUT2D eigenvalue weighted by Gasteiger charge is 2.29. The first-order chi connectivity index (χ1) is 16.9. The predicted molar refractivity (Wildman–Crippen MR) is 130 cm³/mol. The molecule has 3 aromatic rings. The quantitative estimate of drug-likeness (QED) is 0.302. The van der Waals surface area contributed by atoms with E-state index in [9.17, 15) is 9.59 Å². The third-order valence-corrected chi connectivity index (χ3v) is 6.03. The summed E-state index contributed by atoms with van der Waals surface area (Å²) in [6, 6.07) is 8.64. The number of benzene rings is 1. The number of anilines is 3. The Hall–Kier alpha value is -4.41. The lowest BCUT2D eigenvalue weighted by Gasteiger charge is -2.37. The lowest BCUT2D eigenvalue weighted by atomic mass is 9.96. The molecule has 3 heterocycles. The summed E-state index contributed by atoms with van der Waals surface area (Å²) in [5.74, 6) is -0.666. The number of carbonyl (C=O) groups is 2. The van der Waals surface area contributed by atoms with E-state index in [-0.39, 0.29) is 46.1 Å². The molecule has 5 N–H and O–H groups in total. The van der Waals surface area contributed by atoms with E-state index in [2.05, 4.69) is 25.6 Å². The zero-order valence-corrected chi connectivity index (χ0v) is 19.0. The molecule has 10 nitrogen and oxygen atoms in total. The van der Waals surface area contributed by atoms with Gasteiger partial charge in [-0.25, -0.2) is 19.3 Å². The highest BCUT2D eigenvalue weighted by Crippen LogP contribution is 2.27. The standard InChI is InChI=1S/C24H25FN8O2/c1-14-18(5-4-10-33(14)13-34)31-23-20(22(27)29-12-30-23)21(26)16-8-7-15(11-17(16)25)24(35)32-19-6-2-3-9-28-19/h2-3,6-9,11-14,18,26H,4-5,10H2,1H3,(H,28,32,35)(H3,27,29,30,31)/t14-,18-/m1/s1. The maximum Gasteiger partial charge on any atom is 0.256 e. The number of nitrogens with zero attached hydrogens (tertiary/aromatic N) is 4. The predicted octanol–water partition coefficient (Wildman–Crippen LogP) is 2.68. The van der Waals surface area contributed by atoms with Gasteiger partial charge in [0, 0.05) is 36.0 Å². The summed E-state index contributed by atoms with van der Waals surface area (Å²) in [6.45, 7) is 2.60. The Morgan fingerprint density at radius 1 is 1.26 bits per heavy atom. The van der Waals surface area contributed by atoms with Crippen molar-refractivity contribution in [2.45, 2.75) is 31.8 Å². The second kappa shape index (κ2) is 10.2. The van der Waals surface area contributed by atoms with Gasteiger partial charge in [0.15, 0.2) is 0 Å². The molecule has 2 atom stereocenters. The number of carbonyl (C=O) groups excluding carboxylic acids is 2. The van der Waals surface area contributed by atoms with Crippen molar-refractivity contribution in [1.82, 2.24) is 19.9 Å². The van der Waals surface area contributed by atoms with Crippen molar-refractivity contribution in [3.8, 4) is 0 Å². The minimum atomic E-state index is -0.768. The molecule has 1 aliphatic rings. The Balaban J connectivity index is 1.58. The molecule has 35 heavy (non-hydrogen) atoms. The lowest BCUT2D eigenvalue weighted by molar-refractivity contribution is -0.121. The van der Waals surface area contributed by atoms with Gasteiger partial charge in [-0.2, -0.15) is 0 Å². The second-order valence-electron chi connectivity index (χ2n) is 8.20. The van der Waals surface area contributed by atoms with Crippen LogP contribution in [0, 0.1) is 11.2 Å². The molecule has 1 saturated heterocycles. The lowest BCUT2D eigenvalue weighted by Crippen LogP contribution is -2.49. The molecular weight excluding hydrogens is 451 g/mol. The summed E-state index contributed by atoms with van der Waals surface area (Å²) in [5.41, 5.74) is 6.01.